The number of piperidine rings is 1. The Bertz CT molecular complexity index is 1120. The van der Waals surface area contributed by atoms with Crippen molar-refractivity contribution >= 4 is 16.7 Å². The van der Waals surface area contributed by atoms with Gasteiger partial charge in [-0.25, -0.2) is 0 Å². The summed E-state index contributed by atoms with van der Waals surface area (Å²) in [7, 11) is 0. The van der Waals surface area contributed by atoms with Crippen LogP contribution in [0.3, 0.4) is 0 Å². The number of aromatic amines is 1. The molecule has 1 aliphatic rings. The van der Waals surface area contributed by atoms with Crippen molar-refractivity contribution in [3.8, 4) is 5.75 Å². The summed E-state index contributed by atoms with van der Waals surface area (Å²) in [5.74, 6) is 0.577. The van der Waals surface area contributed by atoms with Crippen molar-refractivity contribution in [2.75, 3.05) is 26.2 Å². The number of carbonyl (C=O) groups is 1. The number of aryl methyl sites for hydroxylation is 1. The lowest BCUT2D eigenvalue weighted by Gasteiger charge is -2.33. The first-order valence-electron chi connectivity index (χ1n) is 11.0. The third kappa shape index (κ3) is 5.36. The van der Waals surface area contributed by atoms with E-state index in [-0.39, 0.29) is 24.1 Å². The average molecular weight is 436 g/mol. The molecule has 4 rings (SSSR count). The summed E-state index contributed by atoms with van der Waals surface area (Å²) in [5.41, 5.74) is 1.37. The Morgan fingerprint density at radius 2 is 1.84 bits per heavy atom. The van der Waals surface area contributed by atoms with E-state index in [4.69, 9.17) is 4.74 Å². The fourth-order valence-corrected chi connectivity index (χ4v) is 4.08. The standard InChI is InChI=1S/C25H29N3O4/c1-17-6-8-19(9-7-17)32-20-10-12-28(13-11-20)16-18(29)14-26-25(31)23-15-27-24(30)22-5-3-2-4-21(22)23/h2-9,15,18,20,29H,10-14,16H2,1H3,(H,26,31)(H,27,30)/t18-/m1/s1. The largest absolute Gasteiger partial charge is 0.490 e. The number of nitrogens with one attached hydrogen (secondary N) is 2. The highest BCUT2D eigenvalue weighted by Gasteiger charge is 2.22. The lowest BCUT2D eigenvalue weighted by atomic mass is 10.1. The van der Waals surface area contributed by atoms with Crippen LogP contribution >= 0.6 is 0 Å². The molecule has 1 aromatic heterocycles. The van der Waals surface area contributed by atoms with Crippen LogP contribution in [0.4, 0.5) is 0 Å². The van der Waals surface area contributed by atoms with Gasteiger partial charge < -0.3 is 25.0 Å². The minimum atomic E-state index is -0.678. The molecule has 0 saturated carbocycles. The van der Waals surface area contributed by atoms with Gasteiger partial charge in [-0.2, -0.15) is 0 Å². The highest BCUT2D eigenvalue weighted by Crippen LogP contribution is 2.20. The molecule has 2 heterocycles. The zero-order chi connectivity index (χ0) is 22.5. The van der Waals surface area contributed by atoms with Crippen LogP contribution in [0.5, 0.6) is 5.75 Å². The predicted molar refractivity (Wildman–Crippen MR) is 124 cm³/mol. The molecule has 1 amide bonds. The predicted octanol–water partition coefficient (Wildman–Crippen LogP) is 2.47. The summed E-state index contributed by atoms with van der Waals surface area (Å²) in [6.45, 7) is 4.37. The molecular weight excluding hydrogens is 406 g/mol. The molecule has 3 N–H and O–H groups in total. The second kappa shape index (κ2) is 9.97. The number of amides is 1. The Balaban J connectivity index is 1.24. The van der Waals surface area contributed by atoms with Crippen LogP contribution in [0.15, 0.2) is 59.5 Å². The maximum atomic E-state index is 12.6. The van der Waals surface area contributed by atoms with Gasteiger partial charge in [-0.15, -0.1) is 0 Å². The number of β-amino-alcohol motifs (C(OH)–C–C–N with tert-alkyl or cyclic N) is 1. The van der Waals surface area contributed by atoms with Crippen molar-refractivity contribution in [1.29, 1.82) is 0 Å². The molecule has 0 spiro atoms. The molecule has 2 aromatic carbocycles. The fourth-order valence-electron chi connectivity index (χ4n) is 4.08. The lowest BCUT2D eigenvalue weighted by Crippen LogP contribution is -2.45. The van der Waals surface area contributed by atoms with Gasteiger partial charge in [0.1, 0.15) is 11.9 Å². The van der Waals surface area contributed by atoms with Crippen molar-refractivity contribution in [2.24, 2.45) is 0 Å². The first kappa shape index (κ1) is 22.0. The third-order valence-electron chi connectivity index (χ3n) is 5.88. The van der Waals surface area contributed by atoms with Crippen LogP contribution in [0.2, 0.25) is 0 Å². The van der Waals surface area contributed by atoms with E-state index in [1.807, 2.05) is 24.3 Å². The maximum Gasteiger partial charge on any atom is 0.255 e. The lowest BCUT2D eigenvalue weighted by molar-refractivity contribution is 0.0594. The van der Waals surface area contributed by atoms with Gasteiger partial charge in [0.05, 0.1) is 11.7 Å². The molecule has 0 bridgehead atoms. The van der Waals surface area contributed by atoms with Gasteiger partial charge in [0, 0.05) is 43.1 Å². The van der Waals surface area contributed by atoms with Crippen LogP contribution in [-0.4, -0.2) is 59.3 Å². The summed E-state index contributed by atoms with van der Waals surface area (Å²) in [6, 6.07) is 15.1. The van der Waals surface area contributed by atoms with Crippen molar-refractivity contribution in [3.63, 3.8) is 0 Å². The molecule has 1 fully saturated rings. The Labute approximate surface area is 187 Å². The second-order valence-electron chi connectivity index (χ2n) is 8.37. The van der Waals surface area contributed by atoms with Crippen LogP contribution in [0.1, 0.15) is 28.8 Å². The number of carbonyl (C=O) groups excluding carboxylic acids is 1. The monoisotopic (exact) mass is 435 g/mol. The molecular formula is C25H29N3O4. The van der Waals surface area contributed by atoms with Gasteiger partial charge >= 0.3 is 0 Å². The molecule has 0 radical (unpaired) electrons. The molecule has 3 aromatic rings. The number of H-pyrrole nitrogens is 1. The number of hydrogen-bond acceptors (Lipinski definition) is 5. The number of fused-ring (bicyclic) bond motifs is 1. The molecule has 7 nitrogen and oxygen atoms in total. The average Bonchev–Trinajstić information content (AvgIpc) is 2.81. The topological polar surface area (TPSA) is 94.7 Å². The van der Waals surface area contributed by atoms with Gasteiger partial charge in [0.2, 0.25) is 0 Å². The number of hydrogen-bond donors (Lipinski definition) is 3. The number of nitrogens with zero attached hydrogens (tertiary/aromatic N) is 1. The molecule has 1 atom stereocenters. The number of aromatic nitrogens is 1. The summed E-state index contributed by atoms with van der Waals surface area (Å²) >= 11 is 0. The van der Waals surface area contributed by atoms with Gasteiger partial charge in [0.15, 0.2) is 0 Å². The SMILES string of the molecule is Cc1ccc(OC2CCN(C[C@H](O)CNC(=O)c3c[nH]c(=O)c4ccccc34)CC2)cc1. The number of rotatable bonds is 7. The summed E-state index contributed by atoms with van der Waals surface area (Å²) in [6.07, 6.45) is 2.72. The van der Waals surface area contributed by atoms with E-state index in [2.05, 4.69) is 22.1 Å². The number of ether oxygens (including phenoxy) is 1. The van der Waals surface area contributed by atoms with E-state index in [1.165, 1.54) is 11.8 Å². The molecule has 32 heavy (non-hydrogen) atoms. The minimum absolute atomic E-state index is 0.145. The summed E-state index contributed by atoms with van der Waals surface area (Å²) in [4.78, 5) is 29.4. The van der Waals surface area contributed by atoms with Crippen molar-refractivity contribution < 1.29 is 14.6 Å². The Kier molecular flexibility index (Phi) is 6.87. The van der Waals surface area contributed by atoms with E-state index in [0.29, 0.717) is 22.9 Å². The van der Waals surface area contributed by atoms with Crippen LogP contribution < -0.4 is 15.6 Å². The summed E-state index contributed by atoms with van der Waals surface area (Å²) in [5, 5.41) is 14.3. The molecule has 1 saturated heterocycles. The quantitative estimate of drug-likeness (QED) is 0.530. The highest BCUT2D eigenvalue weighted by atomic mass is 16.5. The first-order valence-corrected chi connectivity index (χ1v) is 11.0. The van der Waals surface area contributed by atoms with Crippen LogP contribution in [-0.2, 0) is 0 Å². The Morgan fingerprint density at radius 3 is 2.56 bits per heavy atom. The third-order valence-corrected chi connectivity index (χ3v) is 5.88. The van der Waals surface area contributed by atoms with E-state index in [1.54, 1.807) is 24.3 Å². The van der Waals surface area contributed by atoms with Crippen molar-refractivity contribution in [3.05, 3.63) is 76.2 Å². The number of aliphatic hydroxyl groups excluding tert-OH is 1. The van der Waals surface area contributed by atoms with E-state index < -0.39 is 6.10 Å². The normalized spacial score (nSPS) is 16.1. The van der Waals surface area contributed by atoms with E-state index in [9.17, 15) is 14.7 Å². The number of likely N-dealkylation sites (tertiary alicyclic amines) is 1. The van der Waals surface area contributed by atoms with Gasteiger partial charge in [-0.3, -0.25) is 9.59 Å². The van der Waals surface area contributed by atoms with Gasteiger partial charge in [0.25, 0.3) is 11.5 Å². The Morgan fingerprint density at radius 1 is 1.16 bits per heavy atom. The highest BCUT2D eigenvalue weighted by molar-refractivity contribution is 6.06. The Hall–Kier alpha value is -3.16. The molecule has 0 aliphatic carbocycles. The first-order chi connectivity index (χ1) is 15.5. The van der Waals surface area contributed by atoms with Crippen LogP contribution in [0, 0.1) is 6.92 Å². The smallest absolute Gasteiger partial charge is 0.255 e. The number of aliphatic hydroxyl groups is 1. The molecule has 7 heteroatoms. The van der Waals surface area contributed by atoms with E-state index in [0.717, 1.165) is 31.7 Å². The summed E-state index contributed by atoms with van der Waals surface area (Å²) < 4.78 is 6.06. The fraction of sp³-hybridized carbons (Fsp3) is 0.360. The zero-order valence-electron chi connectivity index (χ0n) is 18.2. The van der Waals surface area contributed by atoms with Crippen molar-refractivity contribution in [1.82, 2.24) is 15.2 Å². The van der Waals surface area contributed by atoms with Crippen LogP contribution in [0.25, 0.3) is 10.8 Å². The molecule has 168 valence electrons. The number of benzene rings is 2. The molecule has 1 aliphatic heterocycles. The number of pyridine rings is 1. The van der Waals surface area contributed by atoms with Gasteiger partial charge in [-0.1, -0.05) is 35.9 Å². The molecule has 0 unspecified atom stereocenters. The maximum absolute atomic E-state index is 12.6. The van der Waals surface area contributed by atoms with Gasteiger partial charge in [-0.05, 0) is 38.0 Å². The minimum Gasteiger partial charge on any atom is -0.490 e. The second-order valence-corrected chi connectivity index (χ2v) is 8.37. The van der Waals surface area contributed by atoms with Crippen molar-refractivity contribution in [2.45, 2.75) is 32.0 Å². The zero-order valence-corrected chi connectivity index (χ0v) is 18.2. The van der Waals surface area contributed by atoms with E-state index >= 15 is 0 Å².